The molecule has 2 rings (SSSR count). The first-order valence-corrected chi connectivity index (χ1v) is 7.02. The molecule has 98 valence electrons. The van der Waals surface area contributed by atoms with E-state index in [2.05, 4.69) is 10.6 Å². The molecule has 0 unspecified atom stereocenters. The van der Waals surface area contributed by atoms with Crippen molar-refractivity contribution in [3.05, 3.63) is 0 Å². The van der Waals surface area contributed by atoms with Crippen LogP contribution in [0.25, 0.3) is 0 Å². The van der Waals surface area contributed by atoms with Gasteiger partial charge in [-0.25, -0.2) is 0 Å². The number of carbonyl (C=O) groups is 1. The molecule has 0 aromatic carbocycles. The van der Waals surface area contributed by atoms with Crippen molar-refractivity contribution in [2.75, 3.05) is 6.54 Å². The molecule has 0 aromatic rings. The molecule has 0 spiro atoms. The first kappa shape index (κ1) is 12.8. The number of hydrogen-bond donors (Lipinski definition) is 3. The van der Waals surface area contributed by atoms with E-state index in [1.54, 1.807) is 0 Å². The van der Waals surface area contributed by atoms with Crippen molar-refractivity contribution in [1.82, 2.24) is 10.6 Å². The van der Waals surface area contributed by atoms with Gasteiger partial charge in [0.25, 0.3) is 0 Å². The topological polar surface area (TPSA) is 67.1 Å². The predicted octanol–water partition coefficient (Wildman–Crippen LogP) is 0.905. The highest BCUT2D eigenvalue weighted by Crippen LogP contribution is 2.19. The molecule has 2 fully saturated rings. The van der Waals surface area contributed by atoms with Crippen LogP contribution >= 0.6 is 0 Å². The number of amides is 1. The molecule has 4 heteroatoms. The van der Waals surface area contributed by atoms with Crippen LogP contribution in [0.2, 0.25) is 0 Å². The van der Waals surface area contributed by atoms with Gasteiger partial charge in [-0.2, -0.15) is 0 Å². The van der Waals surface area contributed by atoms with Gasteiger partial charge in [-0.05, 0) is 51.5 Å². The van der Waals surface area contributed by atoms with Crippen molar-refractivity contribution in [3.63, 3.8) is 0 Å². The van der Waals surface area contributed by atoms with Gasteiger partial charge in [0.2, 0.25) is 5.91 Å². The normalized spacial score (nSPS) is 29.0. The maximum Gasteiger partial charge on any atom is 0.220 e. The predicted molar refractivity (Wildman–Crippen MR) is 68.6 cm³/mol. The van der Waals surface area contributed by atoms with Crippen molar-refractivity contribution >= 4 is 5.91 Å². The first-order valence-electron chi connectivity index (χ1n) is 7.02. The van der Waals surface area contributed by atoms with Crippen LogP contribution in [0.5, 0.6) is 0 Å². The van der Waals surface area contributed by atoms with E-state index in [0.29, 0.717) is 24.5 Å². The second-order valence-corrected chi connectivity index (χ2v) is 5.51. The van der Waals surface area contributed by atoms with Gasteiger partial charge in [0.1, 0.15) is 0 Å². The molecule has 0 radical (unpaired) electrons. The highest BCUT2D eigenvalue weighted by atomic mass is 16.1. The van der Waals surface area contributed by atoms with Crippen LogP contribution < -0.4 is 16.4 Å². The van der Waals surface area contributed by atoms with E-state index < -0.39 is 0 Å². The minimum absolute atomic E-state index is 0.222. The van der Waals surface area contributed by atoms with Crippen LogP contribution in [0.3, 0.4) is 0 Å². The fourth-order valence-corrected chi connectivity index (χ4v) is 2.41. The number of rotatable bonds is 6. The molecular formula is C13H25N3O. The summed E-state index contributed by atoms with van der Waals surface area (Å²) in [4.78, 5) is 11.4. The standard InChI is InChI=1S/C13H25N3O/c14-10-3-5-11(6-4-10)15-9-1-2-13(17)16-12-7-8-12/h10-12,15H,1-9,14H2,(H,16,17). The van der Waals surface area contributed by atoms with Gasteiger partial charge in [-0.3, -0.25) is 4.79 Å². The van der Waals surface area contributed by atoms with Gasteiger partial charge in [0, 0.05) is 24.5 Å². The smallest absolute Gasteiger partial charge is 0.220 e. The molecule has 4 N–H and O–H groups in total. The third-order valence-corrected chi connectivity index (χ3v) is 3.73. The molecule has 0 saturated heterocycles. The lowest BCUT2D eigenvalue weighted by Gasteiger charge is -2.26. The van der Waals surface area contributed by atoms with Gasteiger partial charge in [0.05, 0.1) is 0 Å². The van der Waals surface area contributed by atoms with E-state index in [1.807, 2.05) is 0 Å². The van der Waals surface area contributed by atoms with E-state index in [1.165, 1.54) is 25.7 Å². The second kappa shape index (κ2) is 6.36. The van der Waals surface area contributed by atoms with Crippen LogP contribution in [0.1, 0.15) is 51.4 Å². The fourth-order valence-electron chi connectivity index (χ4n) is 2.41. The molecule has 1 amide bonds. The summed E-state index contributed by atoms with van der Waals surface area (Å²) >= 11 is 0. The third kappa shape index (κ3) is 5.04. The fraction of sp³-hybridized carbons (Fsp3) is 0.923. The SMILES string of the molecule is NC1CCC(NCCCC(=O)NC2CC2)CC1. The minimum atomic E-state index is 0.222. The summed E-state index contributed by atoms with van der Waals surface area (Å²) < 4.78 is 0. The minimum Gasteiger partial charge on any atom is -0.353 e. The Labute approximate surface area is 104 Å². The Morgan fingerprint density at radius 1 is 1.06 bits per heavy atom. The molecule has 2 saturated carbocycles. The Bertz CT molecular complexity index is 245. The van der Waals surface area contributed by atoms with E-state index in [0.717, 1.165) is 25.8 Å². The van der Waals surface area contributed by atoms with Gasteiger partial charge < -0.3 is 16.4 Å². The zero-order valence-corrected chi connectivity index (χ0v) is 10.6. The lowest BCUT2D eigenvalue weighted by Crippen LogP contribution is -2.38. The Balaban J connectivity index is 1.46. The molecule has 4 nitrogen and oxygen atoms in total. The Morgan fingerprint density at radius 2 is 1.71 bits per heavy atom. The monoisotopic (exact) mass is 239 g/mol. The molecule has 0 atom stereocenters. The Morgan fingerprint density at radius 3 is 2.35 bits per heavy atom. The summed E-state index contributed by atoms with van der Waals surface area (Å²) in [5.74, 6) is 0.222. The van der Waals surface area contributed by atoms with Crippen LogP contribution in [0.4, 0.5) is 0 Å². The quantitative estimate of drug-likeness (QED) is 0.603. The summed E-state index contributed by atoms with van der Waals surface area (Å²) in [6.07, 6.45) is 8.61. The van der Waals surface area contributed by atoms with Gasteiger partial charge in [-0.15, -0.1) is 0 Å². The molecular weight excluding hydrogens is 214 g/mol. The number of hydrogen-bond acceptors (Lipinski definition) is 3. The molecule has 17 heavy (non-hydrogen) atoms. The van der Waals surface area contributed by atoms with E-state index in [-0.39, 0.29) is 5.91 Å². The van der Waals surface area contributed by atoms with E-state index >= 15 is 0 Å². The Kier molecular flexibility index (Phi) is 4.80. The summed E-state index contributed by atoms with van der Waals surface area (Å²) in [6, 6.07) is 1.54. The van der Waals surface area contributed by atoms with Crippen molar-refractivity contribution in [1.29, 1.82) is 0 Å². The highest BCUT2D eigenvalue weighted by molar-refractivity contribution is 5.76. The number of nitrogens with two attached hydrogens (primary N) is 1. The molecule has 0 aliphatic heterocycles. The molecule has 0 heterocycles. The van der Waals surface area contributed by atoms with Crippen LogP contribution in [0.15, 0.2) is 0 Å². The zero-order valence-electron chi connectivity index (χ0n) is 10.6. The average molecular weight is 239 g/mol. The average Bonchev–Trinajstić information content (AvgIpc) is 3.11. The van der Waals surface area contributed by atoms with Crippen molar-refractivity contribution < 1.29 is 4.79 Å². The second-order valence-electron chi connectivity index (χ2n) is 5.51. The zero-order chi connectivity index (χ0) is 12.1. The van der Waals surface area contributed by atoms with Crippen molar-refractivity contribution in [2.24, 2.45) is 5.73 Å². The third-order valence-electron chi connectivity index (χ3n) is 3.73. The van der Waals surface area contributed by atoms with Crippen molar-refractivity contribution in [3.8, 4) is 0 Å². The van der Waals surface area contributed by atoms with Gasteiger partial charge >= 0.3 is 0 Å². The van der Waals surface area contributed by atoms with Gasteiger partial charge in [0.15, 0.2) is 0 Å². The lowest BCUT2D eigenvalue weighted by molar-refractivity contribution is -0.121. The van der Waals surface area contributed by atoms with E-state index in [9.17, 15) is 4.79 Å². The summed E-state index contributed by atoms with van der Waals surface area (Å²) in [5, 5.41) is 6.55. The maximum atomic E-state index is 11.4. The maximum absolute atomic E-state index is 11.4. The molecule has 2 aliphatic carbocycles. The largest absolute Gasteiger partial charge is 0.353 e. The van der Waals surface area contributed by atoms with Crippen molar-refractivity contribution in [2.45, 2.75) is 69.5 Å². The van der Waals surface area contributed by atoms with Gasteiger partial charge in [-0.1, -0.05) is 0 Å². The van der Waals surface area contributed by atoms with E-state index in [4.69, 9.17) is 5.73 Å². The summed E-state index contributed by atoms with van der Waals surface area (Å²) in [5.41, 5.74) is 5.86. The highest BCUT2D eigenvalue weighted by Gasteiger charge is 2.22. The summed E-state index contributed by atoms with van der Waals surface area (Å²) in [7, 11) is 0. The lowest BCUT2D eigenvalue weighted by atomic mass is 9.92. The van der Waals surface area contributed by atoms with Crippen LogP contribution in [-0.4, -0.2) is 30.6 Å². The number of carbonyl (C=O) groups excluding carboxylic acids is 1. The Hall–Kier alpha value is -0.610. The number of nitrogens with one attached hydrogen (secondary N) is 2. The first-order chi connectivity index (χ1) is 8.24. The molecule has 0 aromatic heterocycles. The molecule has 2 aliphatic rings. The molecule has 0 bridgehead atoms. The van der Waals surface area contributed by atoms with Crippen LogP contribution in [0, 0.1) is 0 Å². The van der Waals surface area contributed by atoms with Crippen LogP contribution in [-0.2, 0) is 4.79 Å². The summed E-state index contributed by atoms with van der Waals surface area (Å²) in [6.45, 7) is 0.956.